The molecule has 0 saturated heterocycles. The predicted molar refractivity (Wildman–Crippen MR) is 97.1 cm³/mol. The van der Waals surface area contributed by atoms with Crippen molar-refractivity contribution in [2.24, 2.45) is 7.05 Å². The van der Waals surface area contributed by atoms with Crippen molar-refractivity contribution in [1.29, 1.82) is 0 Å². The third kappa shape index (κ3) is 3.64. The molecule has 8 heteroatoms. The molecule has 0 aliphatic rings. The van der Waals surface area contributed by atoms with Gasteiger partial charge in [0.05, 0.1) is 12.8 Å². The Morgan fingerprint density at radius 2 is 1.92 bits per heavy atom. The van der Waals surface area contributed by atoms with Crippen molar-refractivity contribution in [2.45, 2.75) is 13.5 Å². The molecule has 3 rings (SSSR count). The number of methoxy groups -OCH3 is 1. The van der Waals surface area contributed by atoms with Crippen molar-refractivity contribution in [3.63, 3.8) is 0 Å². The largest absolute Gasteiger partial charge is 0.494 e. The van der Waals surface area contributed by atoms with Gasteiger partial charge in [-0.05, 0) is 6.92 Å². The molecule has 2 heterocycles. The minimum Gasteiger partial charge on any atom is -0.494 e. The second kappa shape index (κ2) is 7.22. The fourth-order valence-electron chi connectivity index (χ4n) is 2.59. The van der Waals surface area contributed by atoms with Crippen LogP contribution in [0.4, 0.5) is 5.82 Å². The summed E-state index contributed by atoms with van der Waals surface area (Å²) < 4.78 is 7.94. The summed E-state index contributed by atoms with van der Waals surface area (Å²) in [5.41, 5.74) is 1.66. The number of aryl methyl sites for hydroxylation is 2. The van der Waals surface area contributed by atoms with E-state index in [0.717, 1.165) is 15.9 Å². The SMILES string of the molecule is COc1cc(=O)n(CC(=O)Nc2cc(C)nn2C)nc1-c1ccccc1. The van der Waals surface area contributed by atoms with Crippen molar-refractivity contribution in [3.05, 3.63) is 58.5 Å². The predicted octanol–water partition coefficient (Wildman–Crippen LogP) is 1.60. The van der Waals surface area contributed by atoms with Crippen LogP contribution in [0.15, 0.2) is 47.3 Å². The Bertz CT molecular complexity index is 992. The van der Waals surface area contributed by atoms with Gasteiger partial charge in [0, 0.05) is 24.7 Å². The minimum atomic E-state index is -0.419. The van der Waals surface area contributed by atoms with Crippen LogP contribution in [0.3, 0.4) is 0 Å². The summed E-state index contributed by atoms with van der Waals surface area (Å²) >= 11 is 0. The van der Waals surface area contributed by atoms with Gasteiger partial charge in [-0.1, -0.05) is 30.3 Å². The van der Waals surface area contributed by atoms with E-state index < -0.39 is 5.56 Å². The van der Waals surface area contributed by atoms with Gasteiger partial charge in [-0.25, -0.2) is 4.68 Å². The number of anilines is 1. The van der Waals surface area contributed by atoms with Crippen LogP contribution in [0, 0.1) is 6.92 Å². The number of aromatic nitrogens is 4. The van der Waals surface area contributed by atoms with Crippen LogP contribution in [-0.4, -0.2) is 32.6 Å². The maximum Gasteiger partial charge on any atom is 0.270 e. The van der Waals surface area contributed by atoms with E-state index in [0.29, 0.717) is 17.3 Å². The van der Waals surface area contributed by atoms with Crippen molar-refractivity contribution < 1.29 is 9.53 Å². The van der Waals surface area contributed by atoms with Crippen molar-refractivity contribution in [3.8, 4) is 17.0 Å². The smallest absolute Gasteiger partial charge is 0.270 e. The monoisotopic (exact) mass is 353 g/mol. The molecule has 0 spiro atoms. The molecule has 26 heavy (non-hydrogen) atoms. The van der Waals surface area contributed by atoms with Crippen LogP contribution in [-0.2, 0) is 18.4 Å². The molecule has 0 saturated carbocycles. The van der Waals surface area contributed by atoms with Crippen molar-refractivity contribution in [2.75, 3.05) is 12.4 Å². The molecule has 0 fully saturated rings. The van der Waals surface area contributed by atoms with Gasteiger partial charge in [0.2, 0.25) is 5.91 Å². The zero-order chi connectivity index (χ0) is 18.7. The van der Waals surface area contributed by atoms with Crippen LogP contribution in [0.1, 0.15) is 5.69 Å². The lowest BCUT2D eigenvalue weighted by Gasteiger charge is -2.11. The Balaban J connectivity index is 1.89. The number of nitrogens with one attached hydrogen (secondary N) is 1. The molecule has 1 N–H and O–H groups in total. The van der Waals surface area contributed by atoms with Crippen molar-refractivity contribution >= 4 is 11.7 Å². The third-order valence-corrected chi connectivity index (χ3v) is 3.79. The third-order valence-electron chi connectivity index (χ3n) is 3.79. The van der Waals surface area contributed by atoms with Crippen LogP contribution in [0.5, 0.6) is 5.75 Å². The number of benzene rings is 1. The van der Waals surface area contributed by atoms with Gasteiger partial charge in [0.1, 0.15) is 18.1 Å². The first kappa shape index (κ1) is 17.4. The standard InChI is InChI=1S/C18H19N5O3/c1-12-9-15(22(2)20-12)19-16(24)11-23-17(25)10-14(26-3)18(21-23)13-7-5-4-6-8-13/h4-10H,11H2,1-3H3,(H,19,24). The van der Waals surface area contributed by atoms with Crippen LogP contribution in [0.2, 0.25) is 0 Å². The van der Waals surface area contributed by atoms with Gasteiger partial charge in [-0.3, -0.25) is 14.3 Å². The number of carbonyl (C=O) groups is 1. The maximum atomic E-state index is 12.3. The zero-order valence-corrected chi connectivity index (χ0v) is 14.8. The van der Waals surface area contributed by atoms with E-state index in [1.165, 1.54) is 13.2 Å². The summed E-state index contributed by atoms with van der Waals surface area (Å²) in [6, 6.07) is 12.4. The van der Waals surface area contributed by atoms with Gasteiger partial charge in [-0.15, -0.1) is 0 Å². The molecule has 0 unspecified atom stereocenters. The second-order valence-electron chi connectivity index (χ2n) is 5.77. The average molecular weight is 353 g/mol. The summed E-state index contributed by atoms with van der Waals surface area (Å²) in [6.45, 7) is 1.62. The molecule has 3 aromatic rings. The number of carbonyl (C=O) groups excluding carboxylic acids is 1. The Morgan fingerprint density at radius 1 is 1.19 bits per heavy atom. The van der Waals surface area contributed by atoms with Gasteiger partial charge in [-0.2, -0.15) is 10.2 Å². The van der Waals surface area contributed by atoms with Gasteiger partial charge in [0.25, 0.3) is 5.56 Å². The second-order valence-corrected chi connectivity index (χ2v) is 5.77. The van der Waals surface area contributed by atoms with E-state index in [9.17, 15) is 9.59 Å². The van der Waals surface area contributed by atoms with Gasteiger partial charge in [0.15, 0.2) is 5.75 Å². The Morgan fingerprint density at radius 3 is 2.54 bits per heavy atom. The summed E-state index contributed by atoms with van der Waals surface area (Å²) in [4.78, 5) is 24.6. The molecular weight excluding hydrogens is 334 g/mol. The highest BCUT2D eigenvalue weighted by Gasteiger charge is 2.14. The first-order chi connectivity index (χ1) is 12.5. The lowest BCUT2D eigenvalue weighted by atomic mass is 10.1. The Labute approximate surface area is 150 Å². The molecule has 2 aromatic heterocycles. The topological polar surface area (TPSA) is 91.0 Å². The number of hydrogen-bond acceptors (Lipinski definition) is 5. The fraction of sp³-hybridized carbons (Fsp3) is 0.222. The van der Waals surface area contributed by atoms with E-state index in [2.05, 4.69) is 15.5 Å². The van der Waals surface area contributed by atoms with E-state index in [4.69, 9.17) is 4.74 Å². The molecule has 1 amide bonds. The summed E-state index contributed by atoms with van der Waals surface area (Å²) in [5, 5.41) is 11.2. The Kier molecular flexibility index (Phi) is 4.83. The molecule has 0 bridgehead atoms. The van der Waals surface area contributed by atoms with E-state index in [1.54, 1.807) is 17.8 Å². The van der Waals surface area contributed by atoms with E-state index in [1.807, 2.05) is 37.3 Å². The molecular formula is C18H19N5O3. The van der Waals surface area contributed by atoms with Gasteiger partial charge < -0.3 is 10.1 Å². The summed E-state index contributed by atoms with van der Waals surface area (Å²) in [6.07, 6.45) is 0. The molecule has 8 nitrogen and oxygen atoms in total. The molecule has 0 aliphatic heterocycles. The molecule has 0 atom stereocenters. The van der Waals surface area contributed by atoms with Crippen LogP contribution >= 0.6 is 0 Å². The number of nitrogens with zero attached hydrogens (tertiary/aromatic N) is 4. The number of amides is 1. The molecule has 1 aromatic carbocycles. The molecule has 0 radical (unpaired) electrons. The minimum absolute atomic E-state index is 0.215. The normalized spacial score (nSPS) is 10.6. The highest BCUT2D eigenvalue weighted by Crippen LogP contribution is 2.25. The molecule has 134 valence electrons. The maximum absolute atomic E-state index is 12.3. The lowest BCUT2D eigenvalue weighted by molar-refractivity contribution is -0.117. The quantitative estimate of drug-likeness (QED) is 0.752. The Hall–Kier alpha value is -3.42. The summed E-state index contributed by atoms with van der Waals surface area (Å²) in [7, 11) is 3.21. The molecule has 0 aliphatic carbocycles. The van der Waals surface area contributed by atoms with E-state index in [-0.39, 0.29) is 12.5 Å². The lowest BCUT2D eigenvalue weighted by Crippen LogP contribution is -2.30. The van der Waals surface area contributed by atoms with Gasteiger partial charge >= 0.3 is 0 Å². The van der Waals surface area contributed by atoms with Crippen LogP contribution < -0.4 is 15.6 Å². The number of ether oxygens (including phenoxy) is 1. The highest BCUT2D eigenvalue weighted by atomic mass is 16.5. The zero-order valence-electron chi connectivity index (χ0n) is 14.8. The van der Waals surface area contributed by atoms with E-state index >= 15 is 0 Å². The van der Waals surface area contributed by atoms with Crippen LogP contribution in [0.25, 0.3) is 11.3 Å². The van der Waals surface area contributed by atoms with Crippen molar-refractivity contribution in [1.82, 2.24) is 19.6 Å². The first-order valence-electron chi connectivity index (χ1n) is 8.00. The fourth-order valence-corrected chi connectivity index (χ4v) is 2.59. The number of hydrogen-bond donors (Lipinski definition) is 1. The summed E-state index contributed by atoms with van der Waals surface area (Å²) in [5.74, 6) is 0.546. The average Bonchev–Trinajstić information content (AvgIpc) is 2.94. The number of rotatable bonds is 5. The first-order valence-corrected chi connectivity index (χ1v) is 8.00. The highest BCUT2D eigenvalue weighted by molar-refractivity contribution is 5.89.